The number of carbonyl (C=O) groups is 2. The van der Waals surface area contributed by atoms with Crippen LogP contribution < -0.4 is 10.6 Å². The normalized spacial score (nSPS) is 15.1. The molecule has 1 aliphatic carbocycles. The maximum absolute atomic E-state index is 13.0. The molecule has 0 aliphatic heterocycles. The maximum Gasteiger partial charge on any atom is 0.253 e. The summed E-state index contributed by atoms with van der Waals surface area (Å²) in [6.07, 6.45) is 8.07. The Hall–Kier alpha value is -2.03. The number of allylic oxidation sites excluding steroid dienone is 1. The van der Waals surface area contributed by atoms with Crippen LogP contribution in [0.3, 0.4) is 0 Å². The van der Waals surface area contributed by atoms with Gasteiger partial charge in [-0.2, -0.15) is 0 Å². The summed E-state index contributed by atoms with van der Waals surface area (Å²) in [5.74, 6) is 0.847. The van der Waals surface area contributed by atoms with Crippen LogP contribution in [0.25, 0.3) is 0 Å². The largest absolute Gasteiger partial charge is 0.353 e. The van der Waals surface area contributed by atoms with E-state index in [1.165, 1.54) is 31.0 Å². The molecule has 35 heavy (non-hydrogen) atoms. The van der Waals surface area contributed by atoms with Crippen LogP contribution >= 0.6 is 35.0 Å². The quantitative estimate of drug-likeness (QED) is 0.278. The lowest BCUT2D eigenvalue weighted by molar-refractivity contribution is -0.119. The number of thioether (sulfide) groups is 1. The molecule has 0 saturated heterocycles. The van der Waals surface area contributed by atoms with Crippen LogP contribution in [0.1, 0.15) is 74.6 Å². The second-order valence-electron chi connectivity index (χ2n) is 9.21. The van der Waals surface area contributed by atoms with Crippen LogP contribution in [-0.2, 0) is 11.3 Å². The smallest absolute Gasteiger partial charge is 0.253 e. The molecule has 7 nitrogen and oxygen atoms in total. The molecule has 10 heteroatoms. The van der Waals surface area contributed by atoms with Gasteiger partial charge in [0.2, 0.25) is 5.91 Å². The lowest BCUT2D eigenvalue weighted by Crippen LogP contribution is -2.37. The van der Waals surface area contributed by atoms with Crippen molar-refractivity contribution in [2.24, 2.45) is 5.92 Å². The Morgan fingerprint density at radius 2 is 1.97 bits per heavy atom. The van der Waals surface area contributed by atoms with Gasteiger partial charge in [0.15, 0.2) is 11.0 Å². The highest BCUT2D eigenvalue weighted by Gasteiger charge is 2.26. The van der Waals surface area contributed by atoms with Crippen molar-refractivity contribution >= 4 is 46.8 Å². The monoisotopic (exact) mass is 537 g/mol. The van der Waals surface area contributed by atoms with E-state index in [2.05, 4.69) is 41.3 Å². The Kier molecular flexibility index (Phi) is 10.5. The molecule has 2 amide bonds. The number of nitrogens with zero attached hydrogens (tertiary/aromatic N) is 3. The number of benzene rings is 1. The minimum absolute atomic E-state index is 0.000941. The van der Waals surface area contributed by atoms with Crippen molar-refractivity contribution in [2.45, 2.75) is 76.2 Å². The summed E-state index contributed by atoms with van der Waals surface area (Å²) in [5, 5.41) is 16.3. The van der Waals surface area contributed by atoms with E-state index in [-0.39, 0.29) is 34.5 Å². The van der Waals surface area contributed by atoms with E-state index in [0.717, 1.165) is 12.8 Å². The number of halogens is 2. The first-order valence-electron chi connectivity index (χ1n) is 12.0. The fourth-order valence-electron chi connectivity index (χ4n) is 4.22. The minimum atomic E-state index is -0.396. The lowest BCUT2D eigenvalue weighted by atomic mass is 9.95. The molecule has 0 spiro atoms. The van der Waals surface area contributed by atoms with Gasteiger partial charge in [-0.25, -0.2) is 0 Å². The van der Waals surface area contributed by atoms with Crippen LogP contribution in [-0.4, -0.2) is 38.4 Å². The standard InChI is InChI=1S/C25H33Cl2N5O2S/c1-4-12-32-23(30-31-25(32)35-15-22(33)28-18-8-6-5-7-9-18)21(13-16(2)3)29-24(34)19-11-10-17(26)14-20(19)27/h4,10-11,14,16,18,21H,1,5-9,12-13,15H2,2-3H3,(H,28,33)(H,29,34)/t21-/m1/s1. The summed E-state index contributed by atoms with van der Waals surface area (Å²) in [6, 6.07) is 4.65. The zero-order valence-electron chi connectivity index (χ0n) is 20.2. The molecule has 2 N–H and O–H groups in total. The van der Waals surface area contributed by atoms with Crippen molar-refractivity contribution in [3.8, 4) is 0 Å². The highest BCUT2D eigenvalue weighted by atomic mass is 35.5. The van der Waals surface area contributed by atoms with Gasteiger partial charge in [0.25, 0.3) is 5.91 Å². The number of carbonyl (C=O) groups excluding carboxylic acids is 2. The fraction of sp³-hybridized carbons (Fsp3) is 0.520. The lowest BCUT2D eigenvalue weighted by Gasteiger charge is -2.22. The highest BCUT2D eigenvalue weighted by molar-refractivity contribution is 7.99. The summed E-state index contributed by atoms with van der Waals surface area (Å²) < 4.78 is 1.91. The van der Waals surface area contributed by atoms with Crippen molar-refractivity contribution < 1.29 is 9.59 Å². The Labute approximate surface area is 221 Å². The number of hydrogen-bond acceptors (Lipinski definition) is 5. The first kappa shape index (κ1) is 27.6. The average molecular weight is 539 g/mol. The minimum Gasteiger partial charge on any atom is -0.353 e. The molecule has 0 radical (unpaired) electrons. The predicted octanol–water partition coefficient (Wildman–Crippen LogP) is 5.83. The summed E-state index contributed by atoms with van der Waals surface area (Å²) >= 11 is 13.6. The molecule has 3 rings (SSSR count). The van der Waals surface area contributed by atoms with Crippen molar-refractivity contribution in [1.82, 2.24) is 25.4 Å². The summed E-state index contributed by atoms with van der Waals surface area (Å²) in [7, 11) is 0. The number of amides is 2. The van der Waals surface area contributed by atoms with Gasteiger partial charge in [0.1, 0.15) is 0 Å². The van der Waals surface area contributed by atoms with Gasteiger partial charge < -0.3 is 15.2 Å². The number of hydrogen-bond donors (Lipinski definition) is 2. The second-order valence-corrected chi connectivity index (χ2v) is 11.0. The Balaban J connectivity index is 1.75. The Morgan fingerprint density at radius 3 is 2.63 bits per heavy atom. The van der Waals surface area contributed by atoms with E-state index in [9.17, 15) is 9.59 Å². The molecule has 1 atom stereocenters. The van der Waals surface area contributed by atoms with Crippen LogP contribution in [0, 0.1) is 5.92 Å². The Morgan fingerprint density at radius 1 is 1.23 bits per heavy atom. The molecule has 1 saturated carbocycles. The van der Waals surface area contributed by atoms with Gasteiger partial charge in [0.05, 0.1) is 22.4 Å². The highest BCUT2D eigenvalue weighted by Crippen LogP contribution is 2.27. The molecule has 190 valence electrons. The van der Waals surface area contributed by atoms with Gasteiger partial charge in [-0.05, 0) is 43.4 Å². The van der Waals surface area contributed by atoms with Crippen molar-refractivity contribution in [3.05, 3.63) is 52.3 Å². The van der Waals surface area contributed by atoms with E-state index in [1.807, 2.05) is 4.57 Å². The summed E-state index contributed by atoms with van der Waals surface area (Å²) in [6.45, 7) is 8.47. The molecular weight excluding hydrogens is 505 g/mol. The molecular formula is C25H33Cl2N5O2S. The SMILES string of the molecule is C=CCn1c(SCC(=O)NC2CCCCC2)nnc1[C@@H](CC(C)C)NC(=O)c1ccc(Cl)cc1Cl. The van der Waals surface area contributed by atoms with E-state index in [0.29, 0.717) is 34.5 Å². The zero-order valence-corrected chi connectivity index (χ0v) is 22.6. The molecule has 2 aromatic rings. The topological polar surface area (TPSA) is 88.9 Å². The molecule has 1 fully saturated rings. The van der Waals surface area contributed by atoms with Gasteiger partial charge in [-0.3, -0.25) is 9.59 Å². The van der Waals surface area contributed by atoms with E-state index in [1.54, 1.807) is 24.3 Å². The van der Waals surface area contributed by atoms with Crippen molar-refractivity contribution in [2.75, 3.05) is 5.75 Å². The Bertz CT molecular complexity index is 1040. The molecule has 1 aromatic carbocycles. The third-order valence-corrected chi connectivity index (χ3v) is 7.37. The van der Waals surface area contributed by atoms with Crippen LogP contribution in [0.2, 0.25) is 10.0 Å². The third kappa shape index (κ3) is 7.98. The van der Waals surface area contributed by atoms with Gasteiger partial charge >= 0.3 is 0 Å². The molecule has 1 aliphatic rings. The van der Waals surface area contributed by atoms with Gasteiger partial charge in [-0.1, -0.05) is 74.1 Å². The van der Waals surface area contributed by atoms with Crippen LogP contribution in [0.15, 0.2) is 36.0 Å². The molecule has 1 heterocycles. The molecule has 0 unspecified atom stereocenters. The van der Waals surface area contributed by atoms with Gasteiger partial charge in [0, 0.05) is 17.6 Å². The second kappa shape index (κ2) is 13.3. The van der Waals surface area contributed by atoms with E-state index < -0.39 is 6.04 Å². The predicted molar refractivity (Wildman–Crippen MR) is 142 cm³/mol. The zero-order chi connectivity index (χ0) is 25.4. The fourth-order valence-corrected chi connectivity index (χ4v) is 5.48. The van der Waals surface area contributed by atoms with Crippen molar-refractivity contribution in [1.29, 1.82) is 0 Å². The average Bonchev–Trinajstić information content (AvgIpc) is 3.20. The molecule has 1 aromatic heterocycles. The number of aromatic nitrogens is 3. The summed E-state index contributed by atoms with van der Waals surface area (Å²) in [5.41, 5.74) is 0.341. The number of rotatable bonds is 11. The first-order valence-corrected chi connectivity index (χ1v) is 13.7. The van der Waals surface area contributed by atoms with E-state index >= 15 is 0 Å². The maximum atomic E-state index is 13.0. The first-order chi connectivity index (χ1) is 16.8. The van der Waals surface area contributed by atoms with Gasteiger partial charge in [-0.15, -0.1) is 16.8 Å². The summed E-state index contributed by atoms with van der Waals surface area (Å²) in [4.78, 5) is 25.6. The third-order valence-electron chi connectivity index (χ3n) is 5.86. The van der Waals surface area contributed by atoms with E-state index in [4.69, 9.17) is 23.2 Å². The van der Waals surface area contributed by atoms with Crippen LogP contribution in [0.4, 0.5) is 0 Å². The molecule has 0 bridgehead atoms. The number of nitrogens with one attached hydrogen (secondary N) is 2. The van der Waals surface area contributed by atoms with Crippen LogP contribution in [0.5, 0.6) is 0 Å². The van der Waals surface area contributed by atoms with Crippen molar-refractivity contribution in [3.63, 3.8) is 0 Å².